The number of thiazole rings is 1. The number of oxime groups is 1. The number of nitrogens with two attached hydrogens (primary N) is 1. The Labute approximate surface area is 146 Å². The van der Waals surface area contributed by atoms with E-state index < -0.39 is 17.3 Å². The van der Waals surface area contributed by atoms with Crippen LogP contribution in [0.2, 0.25) is 0 Å². The van der Waals surface area contributed by atoms with Crippen LogP contribution in [-0.2, 0) is 25.2 Å². The fourth-order valence-corrected chi connectivity index (χ4v) is 1.54. The van der Waals surface area contributed by atoms with Gasteiger partial charge in [0.25, 0.3) is 0 Å². The predicted octanol–water partition coefficient (Wildman–Crippen LogP) is 1.65. The molecule has 22 heavy (non-hydrogen) atoms. The Bertz CT molecular complexity index is 534. The highest BCUT2D eigenvalue weighted by Crippen LogP contribution is 2.13. The molecule has 0 aromatic carbocycles. The lowest BCUT2D eigenvalue weighted by Gasteiger charge is -1.99. The molecule has 0 aliphatic rings. The van der Waals surface area contributed by atoms with E-state index in [2.05, 4.69) is 19.2 Å². The first kappa shape index (κ1) is 25.7. The molecule has 0 radical (unpaired) electrons. The highest BCUT2D eigenvalue weighted by atomic mass is 35.5. The summed E-state index contributed by atoms with van der Waals surface area (Å²) in [6, 6.07) is 0. The molecule has 1 rings (SSSR count). The van der Waals surface area contributed by atoms with E-state index in [0.717, 1.165) is 11.3 Å². The molecule has 1 heterocycles. The summed E-state index contributed by atoms with van der Waals surface area (Å²) in [6.07, 6.45) is 0. The number of rotatable bonds is 4. The SMILES string of the molecule is CC(C)=N.CON=C(C(=O)OS(=O)O)c1csc(N)n1.Cl.Cl. The minimum Gasteiger partial charge on any atom is -0.398 e. The lowest BCUT2D eigenvalue weighted by molar-refractivity contribution is -0.126. The molecule has 0 saturated heterocycles. The zero-order valence-electron chi connectivity index (χ0n) is 11.8. The number of nitrogen functional groups attached to an aromatic ring is 1. The summed E-state index contributed by atoms with van der Waals surface area (Å²) >= 11 is -1.65. The molecule has 1 aromatic rings. The summed E-state index contributed by atoms with van der Waals surface area (Å²) in [4.78, 5) is 19.5. The smallest absolute Gasteiger partial charge is 0.378 e. The van der Waals surface area contributed by atoms with E-state index in [-0.39, 0.29) is 41.4 Å². The Morgan fingerprint density at radius 1 is 1.50 bits per heavy atom. The lowest BCUT2D eigenvalue weighted by Crippen LogP contribution is -2.20. The highest BCUT2D eigenvalue weighted by molar-refractivity contribution is 7.74. The van der Waals surface area contributed by atoms with Crippen molar-refractivity contribution in [3.05, 3.63) is 11.1 Å². The second kappa shape index (κ2) is 13.4. The molecule has 0 amide bonds. The van der Waals surface area contributed by atoms with Gasteiger partial charge < -0.3 is 20.2 Å². The van der Waals surface area contributed by atoms with Gasteiger partial charge in [0.2, 0.25) is 5.71 Å². The summed E-state index contributed by atoms with van der Waals surface area (Å²) in [5, 5.41) is 11.5. The second-order valence-corrected chi connectivity index (χ2v) is 4.77. The van der Waals surface area contributed by atoms with Crippen molar-refractivity contribution in [2.45, 2.75) is 13.8 Å². The normalized spacial score (nSPS) is 10.8. The Hall–Kier alpha value is -1.27. The van der Waals surface area contributed by atoms with Gasteiger partial charge in [-0.2, -0.15) is 4.21 Å². The van der Waals surface area contributed by atoms with Crippen LogP contribution in [0.1, 0.15) is 19.5 Å². The minimum absolute atomic E-state index is 0. The van der Waals surface area contributed by atoms with E-state index in [4.69, 9.17) is 15.7 Å². The number of aromatic nitrogens is 1. The average molecular weight is 395 g/mol. The van der Waals surface area contributed by atoms with Crippen LogP contribution in [0.15, 0.2) is 10.5 Å². The van der Waals surface area contributed by atoms with Crippen LogP contribution >= 0.6 is 36.2 Å². The van der Waals surface area contributed by atoms with Crippen LogP contribution in [-0.4, -0.2) is 38.2 Å². The maximum absolute atomic E-state index is 11.3. The molecule has 0 bridgehead atoms. The largest absolute Gasteiger partial charge is 0.398 e. The number of halogens is 2. The van der Waals surface area contributed by atoms with Gasteiger partial charge >= 0.3 is 17.3 Å². The third-order valence-corrected chi connectivity index (χ3v) is 2.26. The molecule has 0 aliphatic carbocycles. The van der Waals surface area contributed by atoms with Crippen molar-refractivity contribution in [1.82, 2.24) is 4.98 Å². The van der Waals surface area contributed by atoms with Crippen molar-refractivity contribution in [2.75, 3.05) is 12.8 Å². The van der Waals surface area contributed by atoms with Gasteiger partial charge in [-0.1, -0.05) is 5.16 Å². The zero-order valence-corrected chi connectivity index (χ0v) is 15.0. The van der Waals surface area contributed by atoms with Crippen molar-refractivity contribution >= 4 is 70.0 Å². The first-order valence-electron chi connectivity index (χ1n) is 4.95. The summed E-state index contributed by atoms with van der Waals surface area (Å²) in [6.45, 7) is 3.50. The van der Waals surface area contributed by atoms with Crippen LogP contribution in [0.25, 0.3) is 0 Å². The van der Waals surface area contributed by atoms with E-state index in [1.54, 1.807) is 13.8 Å². The molecule has 0 aliphatic heterocycles. The van der Waals surface area contributed by atoms with Crippen LogP contribution in [0.3, 0.4) is 0 Å². The third-order valence-electron chi connectivity index (χ3n) is 1.29. The van der Waals surface area contributed by atoms with Crippen molar-refractivity contribution < 1.29 is 22.6 Å². The van der Waals surface area contributed by atoms with Gasteiger partial charge in [-0.3, -0.25) is 4.55 Å². The van der Waals surface area contributed by atoms with E-state index in [1.165, 1.54) is 12.5 Å². The van der Waals surface area contributed by atoms with Crippen molar-refractivity contribution in [3.63, 3.8) is 0 Å². The number of carbonyl (C=O) groups excluding carboxylic acids is 1. The van der Waals surface area contributed by atoms with Crippen LogP contribution < -0.4 is 5.73 Å². The molecule has 0 spiro atoms. The average Bonchev–Trinajstić information content (AvgIpc) is 2.70. The molecular weight excluding hydrogens is 379 g/mol. The molecule has 13 heteroatoms. The summed E-state index contributed by atoms with van der Waals surface area (Å²) in [5.41, 5.74) is 5.81. The van der Waals surface area contributed by atoms with Gasteiger partial charge in [0.15, 0.2) is 5.13 Å². The van der Waals surface area contributed by atoms with Gasteiger partial charge in [0, 0.05) is 11.1 Å². The quantitative estimate of drug-likeness (QED) is 0.399. The zero-order chi connectivity index (χ0) is 15.7. The van der Waals surface area contributed by atoms with Gasteiger partial charge in [-0.05, 0) is 13.8 Å². The van der Waals surface area contributed by atoms with Gasteiger partial charge in [0.05, 0.1) is 0 Å². The number of nitrogens with one attached hydrogen (secondary N) is 1. The molecule has 1 aromatic heterocycles. The molecule has 4 N–H and O–H groups in total. The molecular formula is C9H16Cl2N4O5S2. The Balaban J connectivity index is -0.000000538. The van der Waals surface area contributed by atoms with Gasteiger partial charge in [-0.25, -0.2) is 9.78 Å². The van der Waals surface area contributed by atoms with Crippen molar-refractivity contribution in [1.29, 1.82) is 5.41 Å². The van der Waals surface area contributed by atoms with Crippen LogP contribution in [0, 0.1) is 5.41 Å². The van der Waals surface area contributed by atoms with E-state index in [9.17, 15) is 9.00 Å². The molecule has 128 valence electrons. The van der Waals surface area contributed by atoms with E-state index >= 15 is 0 Å². The van der Waals surface area contributed by atoms with Crippen LogP contribution in [0.5, 0.6) is 0 Å². The topological polar surface area (TPSA) is 148 Å². The number of anilines is 1. The van der Waals surface area contributed by atoms with Gasteiger partial charge in [-0.15, -0.1) is 36.2 Å². The fourth-order valence-electron chi connectivity index (χ4n) is 0.780. The minimum atomic E-state index is -2.73. The number of nitrogens with zero attached hydrogens (tertiary/aromatic N) is 2. The molecule has 0 saturated carbocycles. The predicted molar refractivity (Wildman–Crippen MR) is 90.5 cm³/mol. The van der Waals surface area contributed by atoms with E-state index in [0.29, 0.717) is 5.71 Å². The van der Waals surface area contributed by atoms with Gasteiger partial charge in [0.1, 0.15) is 12.8 Å². The summed E-state index contributed by atoms with van der Waals surface area (Å²) in [7, 11) is 1.21. The first-order valence-corrected chi connectivity index (χ1v) is 6.86. The molecule has 1 unspecified atom stereocenters. The Morgan fingerprint density at radius 3 is 2.32 bits per heavy atom. The summed E-state index contributed by atoms with van der Waals surface area (Å²) in [5.74, 6) is -1.13. The first-order chi connectivity index (χ1) is 9.27. The Morgan fingerprint density at radius 2 is 2.00 bits per heavy atom. The lowest BCUT2D eigenvalue weighted by atomic mass is 10.3. The molecule has 1 atom stereocenters. The van der Waals surface area contributed by atoms with E-state index in [1.807, 2.05) is 0 Å². The monoisotopic (exact) mass is 394 g/mol. The maximum Gasteiger partial charge on any atom is 0.378 e. The number of carbonyl (C=O) groups is 1. The second-order valence-electron chi connectivity index (χ2n) is 3.28. The highest BCUT2D eigenvalue weighted by Gasteiger charge is 2.21. The number of hydrogen-bond acceptors (Lipinski definition) is 9. The third kappa shape index (κ3) is 11.4. The van der Waals surface area contributed by atoms with Crippen molar-refractivity contribution in [2.24, 2.45) is 5.16 Å². The maximum atomic E-state index is 11.3. The molecule has 0 fully saturated rings. The summed E-state index contributed by atoms with van der Waals surface area (Å²) < 4.78 is 22.7. The van der Waals surface area contributed by atoms with Crippen LogP contribution in [0.4, 0.5) is 5.13 Å². The number of hydrogen-bond donors (Lipinski definition) is 3. The Kier molecular flexibility index (Phi) is 15.6. The van der Waals surface area contributed by atoms with Crippen molar-refractivity contribution in [3.8, 4) is 0 Å². The molecule has 9 nitrogen and oxygen atoms in total. The standard InChI is InChI=1S/C6H7N3O5S2.C3H7N.2ClH/c1-13-9-4(5(10)14-16(11)12)3-2-15-6(7)8-3;1-3(2)4;;/h2H,1H3,(H2,7,8)(H,11,12);4H,1-2H3;2*1H. The fraction of sp³-hybridized carbons (Fsp3) is 0.333.